The van der Waals surface area contributed by atoms with Gasteiger partial charge >= 0.3 is 18.9 Å². The zero-order valence-corrected chi connectivity index (χ0v) is 4.47. The van der Waals surface area contributed by atoms with Crippen LogP contribution in [0.1, 0.15) is 0 Å². The van der Waals surface area contributed by atoms with Crippen LogP contribution in [-0.2, 0) is 0 Å². The van der Waals surface area contributed by atoms with Gasteiger partial charge in [0.15, 0.2) is 0 Å². The molecule has 0 fully saturated rings. The maximum atomic E-state index is 8.49. The largest absolute Gasteiger partial charge is 1.00 e. The van der Waals surface area contributed by atoms with E-state index in [9.17, 15) is 0 Å². The van der Waals surface area contributed by atoms with Crippen LogP contribution in [0.15, 0.2) is 0 Å². The second-order valence-corrected chi connectivity index (χ2v) is 1.13. The van der Waals surface area contributed by atoms with Crippen LogP contribution in [0.25, 0.3) is 0 Å². The van der Waals surface area contributed by atoms with Crippen molar-refractivity contribution in [3.63, 3.8) is 0 Å². The fourth-order valence-electron chi connectivity index (χ4n) is 0. The molecule has 0 aliphatic heterocycles. The van der Waals surface area contributed by atoms with Gasteiger partial charge in [0.25, 0.3) is 0 Å². The van der Waals surface area contributed by atoms with Gasteiger partial charge in [-0.05, 0) is 0 Å². The maximum absolute atomic E-state index is 8.49. The van der Waals surface area contributed by atoms with Crippen molar-refractivity contribution < 1.29 is 47.7 Å². The van der Waals surface area contributed by atoms with Gasteiger partial charge in [-0.25, -0.2) is 18.6 Å². The van der Waals surface area contributed by atoms with E-state index < -0.39 is 10.2 Å². The van der Waals surface area contributed by atoms with E-state index in [1.165, 1.54) is 0 Å². The van der Waals surface area contributed by atoms with Gasteiger partial charge in [-0.15, -0.1) is 10.2 Å². The molecule has 5 nitrogen and oxygen atoms in total. The van der Waals surface area contributed by atoms with Crippen LogP contribution < -0.4 is 43.6 Å². The van der Waals surface area contributed by atoms with E-state index >= 15 is 0 Å². The first kappa shape index (κ1) is 15.6. The first-order valence-electron chi connectivity index (χ1n) is 0.617. The van der Waals surface area contributed by atoms with Crippen LogP contribution in [0, 0.1) is 10.2 Å². The van der Waals surface area contributed by atoms with Gasteiger partial charge in [-0.3, -0.25) is 0 Å². The Morgan fingerprint density at radius 3 is 0.857 bits per heavy atom. The van der Waals surface area contributed by atoms with Crippen molar-refractivity contribution in [1.82, 2.24) is 6.15 Å². The Morgan fingerprint density at radius 2 is 0.857 bits per heavy atom. The third kappa shape index (κ3) is 311. The summed E-state index contributed by atoms with van der Waals surface area (Å²) in [5, 5.41) is 0. The van der Waals surface area contributed by atoms with Crippen molar-refractivity contribution in [2.24, 2.45) is 0 Å². The van der Waals surface area contributed by atoms with Crippen LogP contribution in [0.4, 0.5) is 0 Å². The fourth-order valence-corrected chi connectivity index (χ4v) is 0. The molecule has 0 saturated carbocycles. The molecule has 40 valence electrons. The summed E-state index contributed by atoms with van der Waals surface area (Å²) >= 11 is 0. The van der Waals surface area contributed by atoms with Crippen molar-refractivity contribution in [2.45, 2.75) is 0 Å². The molecule has 0 radical (unpaired) electrons. The Bertz CT molecular complexity index is 27.2. The normalized spacial score (nSPS) is 8.57. The van der Waals surface area contributed by atoms with Crippen molar-refractivity contribution in [1.29, 1.82) is 0 Å². The molecule has 0 aromatic carbocycles. The Morgan fingerprint density at radius 1 is 0.857 bits per heavy atom. The molecule has 0 unspecified atom stereocenters. The van der Waals surface area contributed by atoms with Crippen LogP contribution in [-0.4, -0.2) is 0 Å². The summed E-state index contributed by atoms with van der Waals surface area (Å²) < 4.78 is 34.0. The summed E-state index contributed by atoms with van der Waals surface area (Å²) in [7, 11) is -4.94. The minimum Gasteiger partial charge on any atom is -0.344 e. The van der Waals surface area contributed by atoms with E-state index in [1.807, 2.05) is 0 Å². The molecular weight excluding hydrogens is 120 g/mol. The van der Waals surface area contributed by atoms with Gasteiger partial charge in [0.05, 0.1) is 0 Å². The average Bonchev–Trinajstić information content (AvgIpc) is 0.722. The predicted octanol–water partition coefficient (Wildman–Crippen LogP) is -7.59. The van der Waals surface area contributed by atoms with Gasteiger partial charge < -0.3 is 6.15 Å². The number of hydrogen-bond donors (Lipinski definition) is 1. The van der Waals surface area contributed by atoms with E-state index in [-0.39, 0.29) is 25.0 Å². The van der Waals surface area contributed by atoms with Gasteiger partial charge in [0, 0.05) is 0 Å². The number of rotatable bonds is 0. The number of hydrogen-bond acceptors (Lipinski definition) is 5. The van der Waals surface area contributed by atoms with Gasteiger partial charge in [0.1, 0.15) is 0 Å². The maximum Gasteiger partial charge on any atom is 1.00 e. The van der Waals surface area contributed by atoms with E-state index in [2.05, 4.69) is 0 Å². The van der Waals surface area contributed by atoms with Crippen LogP contribution >= 0.6 is 0 Å². The smallest absolute Gasteiger partial charge is 0.344 e. The molecule has 0 bridgehead atoms. The van der Waals surface area contributed by atoms with E-state index in [0.717, 1.165) is 0 Å². The van der Waals surface area contributed by atoms with Gasteiger partial charge in [-0.1, -0.05) is 0 Å². The molecule has 0 aliphatic carbocycles. The molecule has 7 heteroatoms. The molecular formula is H3ClLiNO4. The first-order chi connectivity index (χ1) is 2.00. The Labute approximate surface area is 54.4 Å². The molecule has 0 atom stereocenters. The summed E-state index contributed by atoms with van der Waals surface area (Å²) in [5.74, 6) is 0. The molecule has 0 saturated heterocycles. The average molecular weight is 123 g/mol. The molecule has 7 heavy (non-hydrogen) atoms. The summed E-state index contributed by atoms with van der Waals surface area (Å²) in [6.07, 6.45) is 0. The Hall–Kier alpha value is 0.687. The quantitative estimate of drug-likeness (QED) is 0.320. The summed E-state index contributed by atoms with van der Waals surface area (Å²) in [5.41, 5.74) is 0. The molecule has 0 aliphatic rings. The van der Waals surface area contributed by atoms with Crippen molar-refractivity contribution in [3.8, 4) is 0 Å². The van der Waals surface area contributed by atoms with E-state index in [0.29, 0.717) is 0 Å². The molecule has 3 N–H and O–H groups in total. The molecule has 0 amide bonds. The summed E-state index contributed by atoms with van der Waals surface area (Å²) in [6.45, 7) is 0. The zero-order chi connectivity index (χ0) is 4.50. The van der Waals surface area contributed by atoms with Gasteiger partial charge in [0.2, 0.25) is 0 Å². The predicted molar refractivity (Wildman–Crippen MR) is 5.02 cm³/mol. The van der Waals surface area contributed by atoms with Gasteiger partial charge in [-0.2, -0.15) is 0 Å². The van der Waals surface area contributed by atoms with E-state index in [1.54, 1.807) is 0 Å². The van der Waals surface area contributed by atoms with E-state index in [4.69, 9.17) is 18.6 Å². The first-order valence-corrected chi connectivity index (χ1v) is 1.85. The summed E-state index contributed by atoms with van der Waals surface area (Å²) in [6, 6.07) is 0. The van der Waals surface area contributed by atoms with Crippen molar-refractivity contribution in [3.05, 3.63) is 0 Å². The van der Waals surface area contributed by atoms with Crippen LogP contribution in [0.3, 0.4) is 0 Å². The third-order valence-corrected chi connectivity index (χ3v) is 0. The molecule has 0 aromatic heterocycles. The summed E-state index contributed by atoms with van der Waals surface area (Å²) in [4.78, 5) is 0. The number of halogens is 1. The Balaban J connectivity index is -0.0000000800. The molecule has 0 heterocycles. The monoisotopic (exact) mass is 123 g/mol. The SMILES string of the molecule is N.[Li+].[O-][Cl+3]([O-])([O-])[O-]. The minimum absolute atomic E-state index is 0. The Kier molecular flexibility index (Phi) is 10.8. The molecule has 0 aromatic rings. The van der Waals surface area contributed by atoms with Crippen molar-refractivity contribution >= 4 is 0 Å². The standard InChI is InChI=1S/ClHO4.Li.H3N/c2-1(3,4)5;;/h(H,2,3,4,5);;1H3/q;+1;/p-1. The molecule has 0 spiro atoms. The molecule has 0 rings (SSSR count). The third-order valence-electron chi connectivity index (χ3n) is 0. The minimum atomic E-state index is -4.94. The fraction of sp³-hybridized carbons (Fsp3) is 0. The van der Waals surface area contributed by atoms with Crippen LogP contribution in [0.5, 0.6) is 0 Å². The second-order valence-electron chi connectivity index (χ2n) is 0.378. The second kappa shape index (κ2) is 4.84. The topological polar surface area (TPSA) is 127 Å². The zero-order valence-electron chi connectivity index (χ0n) is 3.72. The van der Waals surface area contributed by atoms with Crippen molar-refractivity contribution in [2.75, 3.05) is 0 Å². The van der Waals surface area contributed by atoms with Crippen LogP contribution in [0.2, 0.25) is 0 Å².